The predicted octanol–water partition coefficient (Wildman–Crippen LogP) is 12.1. The minimum atomic E-state index is 0.990. The second kappa shape index (κ2) is 10.1. The average Bonchev–Trinajstić information content (AvgIpc) is 3.55. The third kappa shape index (κ3) is 3.95. The van der Waals surface area contributed by atoms with Gasteiger partial charge in [-0.2, -0.15) is 5.10 Å². The van der Waals surface area contributed by atoms with Crippen molar-refractivity contribution in [2.45, 2.75) is 0 Å². The first-order chi connectivity index (χ1) is 23.3. The monoisotopic (exact) mass is 596 g/mol. The lowest BCUT2D eigenvalue weighted by atomic mass is 9.89. The van der Waals surface area contributed by atoms with Gasteiger partial charge in [-0.25, -0.2) is 4.52 Å². The Kier molecular flexibility index (Phi) is 5.61. The summed E-state index contributed by atoms with van der Waals surface area (Å²) in [6.45, 7) is 0. The average molecular weight is 597 g/mol. The summed E-state index contributed by atoms with van der Waals surface area (Å²) in [6, 6.07) is 61.4. The van der Waals surface area contributed by atoms with Crippen LogP contribution in [-0.2, 0) is 0 Å². The molecule has 47 heavy (non-hydrogen) atoms. The number of aromatic nitrogens is 2. The van der Waals surface area contributed by atoms with Crippen molar-refractivity contribution in [1.29, 1.82) is 0 Å². The molecule has 10 rings (SSSR count). The molecule has 0 aliphatic rings. The van der Waals surface area contributed by atoms with Crippen LogP contribution in [0.2, 0.25) is 0 Å². The van der Waals surface area contributed by atoms with E-state index in [0.717, 1.165) is 39.2 Å². The molecule has 0 radical (unpaired) electrons. The fourth-order valence-electron chi connectivity index (χ4n) is 7.57. The lowest BCUT2D eigenvalue weighted by Crippen LogP contribution is -1.96. The molecule has 0 saturated heterocycles. The van der Waals surface area contributed by atoms with Crippen molar-refractivity contribution < 1.29 is 0 Å². The smallest absolute Gasteiger partial charge is 0.102 e. The first kappa shape index (κ1) is 26.0. The van der Waals surface area contributed by atoms with Crippen LogP contribution in [0.5, 0.6) is 0 Å². The number of hydrogen-bond acceptors (Lipinski definition) is 1. The summed E-state index contributed by atoms with van der Waals surface area (Å²) in [4.78, 5) is 0. The maximum absolute atomic E-state index is 5.59. The highest BCUT2D eigenvalue weighted by Crippen LogP contribution is 2.45. The molecule has 2 heteroatoms. The highest BCUT2D eigenvalue weighted by Gasteiger charge is 2.24. The third-order valence-electron chi connectivity index (χ3n) is 9.74. The van der Waals surface area contributed by atoms with Crippen LogP contribution in [0.25, 0.3) is 93.4 Å². The van der Waals surface area contributed by atoms with Gasteiger partial charge < -0.3 is 0 Å². The van der Waals surface area contributed by atoms with Gasteiger partial charge in [-0.15, -0.1) is 0 Å². The molecule has 8 aromatic carbocycles. The Balaban J connectivity index is 1.38. The summed E-state index contributed by atoms with van der Waals surface area (Å²) < 4.78 is 2.20. The van der Waals surface area contributed by atoms with Gasteiger partial charge in [-0.1, -0.05) is 158 Å². The van der Waals surface area contributed by atoms with E-state index in [-0.39, 0.29) is 0 Å². The van der Waals surface area contributed by atoms with Crippen molar-refractivity contribution in [2.24, 2.45) is 0 Å². The van der Waals surface area contributed by atoms with Crippen LogP contribution in [0.1, 0.15) is 0 Å². The van der Waals surface area contributed by atoms with Crippen LogP contribution in [0.4, 0.5) is 0 Å². The number of hydrogen-bond donors (Lipinski definition) is 0. The molecule has 0 fully saturated rings. The highest BCUT2D eigenvalue weighted by molar-refractivity contribution is 6.26. The van der Waals surface area contributed by atoms with Gasteiger partial charge >= 0.3 is 0 Å². The zero-order chi connectivity index (χ0) is 30.9. The zero-order valence-corrected chi connectivity index (χ0v) is 25.6. The molecule has 0 bridgehead atoms. The first-order valence-electron chi connectivity index (χ1n) is 16.1. The van der Waals surface area contributed by atoms with Crippen molar-refractivity contribution in [3.05, 3.63) is 170 Å². The van der Waals surface area contributed by atoms with E-state index in [1.807, 2.05) is 0 Å². The first-order valence-corrected chi connectivity index (χ1v) is 16.1. The van der Waals surface area contributed by atoms with E-state index < -0.39 is 0 Å². The van der Waals surface area contributed by atoms with Crippen molar-refractivity contribution in [2.75, 3.05) is 0 Å². The molecular formula is C45H28N2. The lowest BCUT2D eigenvalue weighted by molar-refractivity contribution is 0.980. The maximum Gasteiger partial charge on any atom is 0.102 e. The Labute approximate surface area is 272 Å². The summed E-state index contributed by atoms with van der Waals surface area (Å²) in [6.07, 6.45) is 0. The van der Waals surface area contributed by atoms with Crippen molar-refractivity contribution in [3.63, 3.8) is 0 Å². The minimum absolute atomic E-state index is 0.990. The number of rotatable bonds is 4. The summed E-state index contributed by atoms with van der Waals surface area (Å²) in [5.74, 6) is 0. The molecule has 2 nitrogen and oxygen atoms in total. The van der Waals surface area contributed by atoms with Gasteiger partial charge in [0.2, 0.25) is 0 Å². The quantitative estimate of drug-likeness (QED) is 0.185. The van der Waals surface area contributed by atoms with Gasteiger partial charge in [-0.05, 0) is 66.5 Å². The predicted molar refractivity (Wildman–Crippen MR) is 198 cm³/mol. The van der Waals surface area contributed by atoms with E-state index in [1.165, 1.54) is 54.2 Å². The molecule has 0 unspecified atom stereocenters. The largest absolute Gasteiger partial charge is 0.231 e. The Hall–Kier alpha value is -6.25. The molecule has 10 aromatic rings. The van der Waals surface area contributed by atoms with Crippen LogP contribution in [0, 0.1) is 0 Å². The fourth-order valence-corrected chi connectivity index (χ4v) is 7.57. The van der Waals surface area contributed by atoms with E-state index >= 15 is 0 Å². The molecule has 218 valence electrons. The summed E-state index contributed by atoms with van der Waals surface area (Å²) in [5.41, 5.74) is 10.1. The Morgan fingerprint density at radius 2 is 0.979 bits per heavy atom. The van der Waals surface area contributed by atoms with Gasteiger partial charge in [0.1, 0.15) is 5.69 Å². The van der Waals surface area contributed by atoms with E-state index in [2.05, 4.69) is 174 Å². The topological polar surface area (TPSA) is 17.3 Å². The standard InChI is InChI=1S/C45H28N2/c1-4-11-29(12-5-1)35-21-22-36-28-40(30-13-6-2-7-14-30)47-45(39(36)27-35)43(31-15-8-3-9-16-31)44(46-47)38-26-24-34-20-19-32-17-10-18-33-23-25-37(38)42(34)41(32)33/h1-28H. The minimum Gasteiger partial charge on any atom is -0.231 e. The molecule has 0 saturated carbocycles. The van der Waals surface area contributed by atoms with Gasteiger partial charge in [0.25, 0.3) is 0 Å². The van der Waals surface area contributed by atoms with Crippen LogP contribution < -0.4 is 0 Å². The molecule has 0 atom stereocenters. The van der Waals surface area contributed by atoms with Crippen molar-refractivity contribution in [3.8, 4) is 44.8 Å². The van der Waals surface area contributed by atoms with Gasteiger partial charge in [-0.3, -0.25) is 0 Å². The maximum atomic E-state index is 5.59. The summed E-state index contributed by atoms with van der Waals surface area (Å²) in [7, 11) is 0. The molecular weight excluding hydrogens is 569 g/mol. The van der Waals surface area contributed by atoms with Crippen LogP contribution in [0.3, 0.4) is 0 Å². The third-order valence-corrected chi connectivity index (χ3v) is 9.74. The van der Waals surface area contributed by atoms with Crippen LogP contribution in [0.15, 0.2) is 170 Å². The Bertz CT molecular complexity index is 2740. The van der Waals surface area contributed by atoms with Crippen LogP contribution >= 0.6 is 0 Å². The number of pyridine rings is 1. The summed E-state index contributed by atoms with van der Waals surface area (Å²) >= 11 is 0. The fraction of sp³-hybridized carbons (Fsp3) is 0. The molecule has 0 spiro atoms. The lowest BCUT2D eigenvalue weighted by Gasteiger charge is -2.14. The van der Waals surface area contributed by atoms with E-state index in [9.17, 15) is 0 Å². The van der Waals surface area contributed by atoms with E-state index in [4.69, 9.17) is 5.10 Å². The Morgan fingerprint density at radius 1 is 0.383 bits per heavy atom. The number of benzene rings is 8. The van der Waals surface area contributed by atoms with Gasteiger partial charge in [0, 0.05) is 22.1 Å². The van der Waals surface area contributed by atoms with E-state index in [1.54, 1.807) is 0 Å². The van der Waals surface area contributed by atoms with Crippen molar-refractivity contribution >= 4 is 48.6 Å². The SMILES string of the molecule is c1ccc(-c2ccc3cc(-c4ccccc4)n4nc(-c5ccc6ccc7cccc8ccc5c6c78)c(-c5ccccc5)c4c3c2)cc1. The van der Waals surface area contributed by atoms with Crippen molar-refractivity contribution in [1.82, 2.24) is 9.61 Å². The van der Waals surface area contributed by atoms with E-state index in [0.29, 0.717) is 0 Å². The number of nitrogens with zero attached hydrogens (tertiary/aromatic N) is 2. The second-order valence-corrected chi connectivity index (χ2v) is 12.4. The molecule has 0 amide bonds. The normalized spacial score (nSPS) is 11.8. The van der Waals surface area contributed by atoms with Gasteiger partial charge in [0.15, 0.2) is 0 Å². The number of fused-ring (bicyclic) bond motifs is 3. The molecule has 2 aromatic heterocycles. The molecule has 0 N–H and O–H groups in total. The molecule has 0 aliphatic heterocycles. The van der Waals surface area contributed by atoms with Crippen LogP contribution in [-0.4, -0.2) is 9.61 Å². The second-order valence-electron chi connectivity index (χ2n) is 12.4. The Morgan fingerprint density at radius 3 is 1.70 bits per heavy atom. The zero-order valence-electron chi connectivity index (χ0n) is 25.6. The van der Waals surface area contributed by atoms with Gasteiger partial charge in [0.05, 0.1) is 11.2 Å². The highest BCUT2D eigenvalue weighted by atomic mass is 15.2. The molecule has 2 heterocycles. The summed E-state index contributed by atoms with van der Waals surface area (Å²) in [5, 5.41) is 15.6. The molecule has 0 aliphatic carbocycles.